The number of β-amino-alcohol motifs (C(OH)–C–C–N with tert-alkyl or cyclic N) is 1. The maximum Gasteiger partial charge on any atom is 0.417 e. The van der Waals surface area contributed by atoms with E-state index >= 15 is 4.39 Å². The van der Waals surface area contributed by atoms with Gasteiger partial charge in [-0.25, -0.2) is 23.8 Å². The van der Waals surface area contributed by atoms with Crippen LogP contribution in [-0.4, -0.2) is 74.3 Å². The van der Waals surface area contributed by atoms with Crippen molar-refractivity contribution in [3.63, 3.8) is 0 Å². The number of carbonyl (C=O) groups excluding carboxylic acids is 2. The van der Waals surface area contributed by atoms with Gasteiger partial charge in [0.2, 0.25) is 0 Å². The molecule has 2 amide bonds. The third-order valence-electron chi connectivity index (χ3n) is 6.87. The molecule has 1 aromatic carbocycles. The molecular weight excluding hydrogens is 519 g/mol. The zero-order valence-corrected chi connectivity index (χ0v) is 22.8. The number of aromatic nitrogens is 3. The van der Waals surface area contributed by atoms with Crippen LogP contribution < -0.4 is 4.90 Å². The van der Waals surface area contributed by atoms with Crippen molar-refractivity contribution in [2.45, 2.75) is 51.5 Å². The molecule has 2 aromatic heterocycles. The van der Waals surface area contributed by atoms with Crippen LogP contribution in [0.25, 0.3) is 16.9 Å². The Morgan fingerprint density at radius 2 is 2.02 bits per heavy atom. The van der Waals surface area contributed by atoms with Crippen LogP contribution >= 0.6 is 0 Å². The van der Waals surface area contributed by atoms with Crippen molar-refractivity contribution in [1.82, 2.24) is 19.7 Å². The van der Waals surface area contributed by atoms with Gasteiger partial charge >= 0.3 is 6.09 Å². The topological polar surface area (TPSA) is 134 Å². The van der Waals surface area contributed by atoms with Crippen LogP contribution in [0, 0.1) is 17.1 Å². The second kappa shape index (κ2) is 9.69. The Bertz CT molecular complexity index is 1550. The number of pyridine rings is 1. The second-order valence-corrected chi connectivity index (χ2v) is 11.1. The van der Waals surface area contributed by atoms with Gasteiger partial charge in [0.15, 0.2) is 5.82 Å². The summed E-state index contributed by atoms with van der Waals surface area (Å²) >= 11 is 0. The average molecular weight is 549 g/mol. The monoisotopic (exact) mass is 548 g/mol. The third-order valence-corrected chi connectivity index (χ3v) is 6.87. The number of aliphatic hydroxyl groups is 1. The van der Waals surface area contributed by atoms with Gasteiger partial charge in [-0.05, 0) is 45.9 Å². The van der Waals surface area contributed by atoms with Gasteiger partial charge < -0.3 is 19.5 Å². The Balaban J connectivity index is 1.62. The molecule has 1 N–H and O–H groups in total. The molecular formula is C28H29FN6O5. The van der Waals surface area contributed by atoms with Crippen LogP contribution in [0.1, 0.15) is 49.3 Å². The predicted octanol–water partition coefficient (Wildman–Crippen LogP) is 3.42. The van der Waals surface area contributed by atoms with Crippen LogP contribution in [-0.2, 0) is 16.0 Å². The lowest BCUT2D eigenvalue weighted by atomic mass is 10.0. The van der Waals surface area contributed by atoms with Crippen molar-refractivity contribution < 1.29 is 28.6 Å². The Labute approximate surface area is 230 Å². The van der Waals surface area contributed by atoms with Gasteiger partial charge in [-0.2, -0.15) is 10.4 Å². The summed E-state index contributed by atoms with van der Waals surface area (Å²) in [5.74, 6) is -0.769. The summed E-state index contributed by atoms with van der Waals surface area (Å²) in [5, 5.41) is 25.0. The number of amides is 2. The molecule has 0 aliphatic carbocycles. The van der Waals surface area contributed by atoms with Gasteiger partial charge in [0.05, 0.1) is 52.9 Å². The molecule has 3 aromatic rings. The number of methoxy groups -OCH3 is 1. The Morgan fingerprint density at radius 3 is 2.67 bits per heavy atom. The highest BCUT2D eigenvalue weighted by atomic mass is 19.1. The zero-order chi connectivity index (χ0) is 29.0. The molecule has 0 spiro atoms. The number of benzene rings is 1. The quantitative estimate of drug-likeness (QED) is 0.520. The summed E-state index contributed by atoms with van der Waals surface area (Å²) in [4.78, 5) is 33.7. The number of fused-ring (bicyclic) bond motifs is 1. The van der Waals surface area contributed by atoms with Crippen molar-refractivity contribution in [1.29, 1.82) is 5.26 Å². The number of hydrogen-bond donors (Lipinski definition) is 1. The molecule has 2 aliphatic rings. The van der Waals surface area contributed by atoms with Gasteiger partial charge in [0, 0.05) is 25.9 Å². The van der Waals surface area contributed by atoms with Gasteiger partial charge in [-0.3, -0.25) is 4.79 Å². The minimum atomic E-state index is -1.09. The van der Waals surface area contributed by atoms with Crippen molar-refractivity contribution in [3.05, 3.63) is 59.2 Å². The number of nitriles is 1. The highest BCUT2D eigenvalue weighted by molar-refractivity contribution is 6.08. The van der Waals surface area contributed by atoms with Crippen molar-refractivity contribution >= 4 is 17.8 Å². The number of nitrogens with zero attached hydrogens (tertiary/aromatic N) is 6. The van der Waals surface area contributed by atoms with Gasteiger partial charge in [0.25, 0.3) is 5.91 Å². The van der Waals surface area contributed by atoms with E-state index in [1.165, 1.54) is 36.1 Å². The molecule has 1 saturated heterocycles. The van der Waals surface area contributed by atoms with E-state index in [0.29, 0.717) is 12.4 Å². The maximum absolute atomic E-state index is 15.0. The molecule has 40 heavy (non-hydrogen) atoms. The summed E-state index contributed by atoms with van der Waals surface area (Å²) in [7, 11) is 1.53. The van der Waals surface area contributed by atoms with E-state index in [1.807, 2.05) is 11.0 Å². The Kier molecular flexibility index (Phi) is 6.60. The molecule has 2 aliphatic heterocycles. The molecule has 5 rings (SSSR count). The molecule has 208 valence electrons. The van der Waals surface area contributed by atoms with Crippen LogP contribution in [0.3, 0.4) is 0 Å². The maximum atomic E-state index is 15.0. The van der Waals surface area contributed by atoms with Crippen molar-refractivity contribution in [2.75, 3.05) is 25.1 Å². The fraction of sp³-hybridized carbons (Fsp3) is 0.393. The highest BCUT2D eigenvalue weighted by Gasteiger charge is 2.43. The van der Waals surface area contributed by atoms with Crippen LogP contribution in [0.5, 0.6) is 0 Å². The largest absolute Gasteiger partial charge is 0.443 e. The number of anilines is 1. The molecule has 2 atom stereocenters. The van der Waals surface area contributed by atoms with Gasteiger partial charge in [-0.15, -0.1) is 0 Å². The summed E-state index contributed by atoms with van der Waals surface area (Å²) in [6, 6.07) is 9.30. The van der Waals surface area contributed by atoms with E-state index in [2.05, 4.69) is 10.1 Å². The SMILES string of the molecule is CO[C@H]1CN(c2ccn(-c3cc(-c4c(F)cccc4C#N)nc4c3C(=O)N(C(=O)OC(C)(C)C)C4)n2)C[C@@]1(C)O. The van der Waals surface area contributed by atoms with E-state index in [-0.39, 0.29) is 46.9 Å². The first kappa shape index (κ1) is 27.2. The molecule has 11 nitrogen and oxygen atoms in total. The summed E-state index contributed by atoms with van der Waals surface area (Å²) in [6.45, 7) is 7.23. The van der Waals surface area contributed by atoms with Gasteiger partial charge in [0.1, 0.15) is 23.1 Å². The lowest BCUT2D eigenvalue weighted by molar-refractivity contribution is -0.0472. The molecule has 0 bridgehead atoms. The van der Waals surface area contributed by atoms with Crippen LogP contribution in [0.4, 0.5) is 15.0 Å². The van der Waals surface area contributed by atoms with Crippen molar-refractivity contribution in [2.24, 2.45) is 0 Å². The highest BCUT2D eigenvalue weighted by Crippen LogP contribution is 2.35. The van der Waals surface area contributed by atoms with E-state index in [0.717, 1.165) is 4.90 Å². The number of rotatable bonds is 4. The number of ether oxygens (including phenoxy) is 2. The lowest BCUT2D eigenvalue weighted by Crippen LogP contribution is -2.39. The average Bonchev–Trinajstić information content (AvgIpc) is 3.57. The fourth-order valence-electron chi connectivity index (χ4n) is 5.01. The van der Waals surface area contributed by atoms with Crippen LogP contribution in [0.2, 0.25) is 0 Å². The van der Waals surface area contributed by atoms with E-state index in [1.54, 1.807) is 40.0 Å². The summed E-state index contributed by atoms with van der Waals surface area (Å²) < 4.78 is 27.3. The second-order valence-electron chi connectivity index (χ2n) is 11.1. The minimum Gasteiger partial charge on any atom is -0.443 e. The van der Waals surface area contributed by atoms with E-state index in [9.17, 15) is 20.0 Å². The standard InChI is InChI=1S/C28H29FN6O5/c1-27(2,3)40-26(37)34-13-19-24(25(34)36)20(11-18(31-19)23-16(12-30)7-6-8-17(23)29)35-10-9-22(32-35)33-14-21(39-5)28(4,38)15-33/h6-11,21,38H,13-15H2,1-5H3/t21-,28+/m0/s1. The normalized spacial score (nSPS) is 20.6. The number of hydrogen-bond acceptors (Lipinski definition) is 9. The molecule has 0 saturated carbocycles. The Morgan fingerprint density at radius 1 is 1.27 bits per heavy atom. The third kappa shape index (κ3) is 4.78. The number of imide groups is 1. The fourth-order valence-corrected chi connectivity index (χ4v) is 5.01. The first-order valence-electron chi connectivity index (χ1n) is 12.7. The van der Waals surface area contributed by atoms with Gasteiger partial charge in [-0.1, -0.05) is 6.07 Å². The molecule has 12 heteroatoms. The lowest BCUT2D eigenvalue weighted by Gasteiger charge is -2.23. The molecule has 4 heterocycles. The first-order valence-corrected chi connectivity index (χ1v) is 12.7. The first-order chi connectivity index (χ1) is 18.8. The van der Waals surface area contributed by atoms with E-state index < -0.39 is 35.1 Å². The Hall–Kier alpha value is -4.34. The number of carbonyl (C=O) groups is 2. The summed E-state index contributed by atoms with van der Waals surface area (Å²) in [5.41, 5.74) is -1.19. The number of halogens is 1. The predicted molar refractivity (Wildman–Crippen MR) is 141 cm³/mol. The molecule has 0 unspecified atom stereocenters. The summed E-state index contributed by atoms with van der Waals surface area (Å²) in [6.07, 6.45) is 0.362. The van der Waals surface area contributed by atoms with Crippen molar-refractivity contribution in [3.8, 4) is 23.0 Å². The smallest absolute Gasteiger partial charge is 0.417 e. The zero-order valence-electron chi connectivity index (χ0n) is 22.8. The van der Waals surface area contributed by atoms with Crippen LogP contribution in [0.15, 0.2) is 36.5 Å². The van der Waals surface area contributed by atoms with E-state index in [4.69, 9.17) is 9.47 Å². The molecule has 0 radical (unpaired) electrons. The minimum absolute atomic E-state index is 0.0249. The molecule has 1 fully saturated rings.